The summed E-state index contributed by atoms with van der Waals surface area (Å²) in [6.07, 6.45) is 17.5. The summed E-state index contributed by atoms with van der Waals surface area (Å²) in [5.74, 6) is 0. The molecule has 3 heteroatoms. The van der Waals surface area contributed by atoms with Crippen molar-refractivity contribution in [2.45, 2.75) is 25.7 Å². The Hall–Kier alpha value is -9.18. The zero-order chi connectivity index (χ0) is 48.2. The smallest absolute Gasteiger partial charge is 0.143 e. The van der Waals surface area contributed by atoms with Gasteiger partial charge in [-0.2, -0.15) is 0 Å². The normalized spacial score (nSPS) is 13.7. The monoisotopic (exact) mass is 932 g/mol. The Morgan fingerprint density at radius 1 is 0.384 bits per heavy atom. The van der Waals surface area contributed by atoms with Crippen molar-refractivity contribution in [3.05, 3.63) is 260 Å². The second-order valence-electron chi connectivity index (χ2n) is 19.5. The van der Waals surface area contributed by atoms with E-state index in [4.69, 9.17) is 14.4 Å². The number of benzene rings is 10. The number of aromatic nitrogens is 2. The highest BCUT2D eigenvalue weighted by atomic mass is 16.3. The maximum atomic E-state index is 6.98. The van der Waals surface area contributed by atoms with Crippen LogP contribution in [0.5, 0.6) is 0 Å². The molecule has 2 aromatic heterocycles. The van der Waals surface area contributed by atoms with Gasteiger partial charge in [-0.15, -0.1) is 0 Å². The minimum absolute atomic E-state index is 0.821. The van der Waals surface area contributed by atoms with Crippen molar-refractivity contribution in [3.8, 4) is 55.8 Å². The van der Waals surface area contributed by atoms with Crippen LogP contribution in [0.4, 0.5) is 0 Å². The molecule has 0 fully saturated rings. The molecule has 0 bridgehead atoms. The lowest BCUT2D eigenvalue weighted by Gasteiger charge is -2.16. The molecule has 0 saturated heterocycles. The van der Waals surface area contributed by atoms with Crippen LogP contribution in [0.2, 0.25) is 0 Å². The van der Waals surface area contributed by atoms with Crippen LogP contribution in [0, 0.1) is 0 Å². The first-order valence-electron chi connectivity index (χ1n) is 25.5. The van der Waals surface area contributed by atoms with Crippen LogP contribution >= 0.6 is 0 Å². The first-order chi connectivity index (χ1) is 36.1. The number of hydrogen-bond donors (Lipinski definition) is 0. The Morgan fingerprint density at radius 2 is 0.959 bits per heavy atom. The third-order valence-electron chi connectivity index (χ3n) is 15.0. The molecule has 12 aromatic rings. The predicted molar refractivity (Wildman–Crippen MR) is 307 cm³/mol. The number of fused-ring (bicyclic) bond motifs is 9. The van der Waals surface area contributed by atoms with Crippen molar-refractivity contribution in [3.63, 3.8) is 0 Å². The van der Waals surface area contributed by atoms with Gasteiger partial charge >= 0.3 is 0 Å². The third-order valence-corrected chi connectivity index (χ3v) is 15.0. The van der Waals surface area contributed by atoms with Gasteiger partial charge in [0, 0.05) is 32.7 Å². The lowest BCUT2D eigenvalue weighted by Crippen LogP contribution is -1.95. The van der Waals surface area contributed by atoms with E-state index in [-0.39, 0.29) is 0 Å². The van der Waals surface area contributed by atoms with Crippen LogP contribution < -0.4 is 0 Å². The molecule has 0 amide bonds. The molecule has 0 spiro atoms. The van der Waals surface area contributed by atoms with Gasteiger partial charge in [0.2, 0.25) is 0 Å². The highest BCUT2D eigenvalue weighted by Gasteiger charge is 2.20. The summed E-state index contributed by atoms with van der Waals surface area (Å²) in [7, 11) is 0. The van der Waals surface area contributed by atoms with Crippen molar-refractivity contribution in [2.24, 2.45) is 0 Å². The largest absolute Gasteiger partial charge is 0.455 e. The first-order valence-corrected chi connectivity index (χ1v) is 25.5. The molecule has 0 radical (unpaired) electrons. The van der Waals surface area contributed by atoms with Gasteiger partial charge < -0.3 is 4.42 Å². The van der Waals surface area contributed by atoms with E-state index in [1.807, 2.05) is 6.20 Å². The number of nitrogens with zero attached hydrogens (tertiary/aromatic N) is 2. The van der Waals surface area contributed by atoms with E-state index in [0.29, 0.717) is 0 Å². The minimum atomic E-state index is 0.821. The predicted octanol–water partition coefficient (Wildman–Crippen LogP) is 19.2. The van der Waals surface area contributed by atoms with Crippen LogP contribution in [0.3, 0.4) is 0 Å². The number of furan rings is 1. The lowest BCUT2D eigenvalue weighted by atomic mass is 9.88. The molecule has 0 aliphatic heterocycles. The number of allylic oxidation sites excluding steroid dienone is 8. The summed E-state index contributed by atoms with van der Waals surface area (Å²) >= 11 is 0. The molecule has 73 heavy (non-hydrogen) atoms. The topological polar surface area (TPSA) is 38.9 Å². The molecule has 2 aliphatic rings. The molecular weight excluding hydrogens is 885 g/mol. The average Bonchev–Trinajstić information content (AvgIpc) is 3.85. The van der Waals surface area contributed by atoms with E-state index < -0.39 is 0 Å². The Kier molecular flexibility index (Phi) is 10.5. The molecule has 0 N–H and O–H groups in total. The summed E-state index contributed by atoms with van der Waals surface area (Å²) in [6.45, 7) is 0. The van der Waals surface area contributed by atoms with Crippen LogP contribution in [0.15, 0.2) is 247 Å². The zero-order valence-electron chi connectivity index (χ0n) is 40.2. The van der Waals surface area contributed by atoms with Gasteiger partial charge in [0.05, 0.1) is 22.9 Å². The Morgan fingerprint density at radius 3 is 1.71 bits per heavy atom. The fraction of sp³-hybridized carbons (Fsp3) is 0.0571. The second kappa shape index (κ2) is 17.9. The maximum Gasteiger partial charge on any atom is 0.143 e. The fourth-order valence-electron chi connectivity index (χ4n) is 11.3. The van der Waals surface area contributed by atoms with Gasteiger partial charge in [-0.3, -0.25) is 4.98 Å². The number of hydrogen-bond acceptors (Lipinski definition) is 3. The fourth-order valence-corrected chi connectivity index (χ4v) is 11.3. The first kappa shape index (κ1) is 42.7. The van der Waals surface area contributed by atoms with Gasteiger partial charge in [-0.1, -0.05) is 188 Å². The van der Waals surface area contributed by atoms with E-state index in [1.165, 1.54) is 60.9 Å². The Balaban J connectivity index is 0.939. The number of rotatable bonds is 8. The molecule has 2 aliphatic carbocycles. The van der Waals surface area contributed by atoms with Crippen molar-refractivity contribution in [1.82, 2.24) is 9.97 Å². The molecule has 0 saturated carbocycles. The van der Waals surface area contributed by atoms with Crippen molar-refractivity contribution < 1.29 is 4.42 Å². The molecule has 3 nitrogen and oxygen atoms in total. The maximum absolute atomic E-state index is 6.98. The summed E-state index contributed by atoms with van der Waals surface area (Å²) < 4.78 is 6.98. The summed E-state index contributed by atoms with van der Waals surface area (Å²) in [6, 6.07) is 74.6. The van der Waals surface area contributed by atoms with Crippen molar-refractivity contribution in [2.75, 3.05) is 0 Å². The second-order valence-corrected chi connectivity index (χ2v) is 19.5. The summed E-state index contributed by atoms with van der Waals surface area (Å²) in [5.41, 5.74) is 22.1. The van der Waals surface area contributed by atoms with Crippen LogP contribution in [0.1, 0.15) is 42.4 Å². The van der Waals surface area contributed by atoms with Crippen LogP contribution in [-0.2, 0) is 0 Å². The quantitative estimate of drug-likeness (QED) is 0.143. The SMILES string of the molecule is C1=CCCC(c2ccc3c4ccc(-c5ccccc5)cc4c4nc(-c5cccc(-c6cc(C7=CCCC(c8ccccc8)=C7)cc7c6oc6ccc(-c8cccc(-c9ccccc9)c8)cc67)c5)cnc4c3c2)=C1. The standard InChI is InChI=1S/C70H48N2O/c1-5-16-45(17-6-1)49-24-13-26-51(36-49)55-32-35-67-62(39-55)65-43-58(52-27-14-25-50(37-52)46-18-7-2-8-19-46)42-61(70(65)73-67)56-28-15-29-57(38-56)66-44-71-68-63-40-53(47-20-9-3-10-21-47)30-33-59(63)60-34-31-54(41-64(60)69(68)72-66)48-22-11-4-12-23-48/h1-9,11-13,15-20,22-24,26-44H,10,14,21,25H2. The Labute approximate surface area is 424 Å². The molecule has 14 rings (SSSR count). The molecule has 10 aromatic carbocycles. The van der Waals surface area contributed by atoms with Gasteiger partial charge in [0.1, 0.15) is 11.2 Å². The van der Waals surface area contributed by atoms with Crippen molar-refractivity contribution in [1.29, 1.82) is 0 Å². The molecule has 344 valence electrons. The highest BCUT2D eigenvalue weighted by Crippen LogP contribution is 2.44. The third kappa shape index (κ3) is 7.78. The van der Waals surface area contributed by atoms with Gasteiger partial charge in [0.25, 0.3) is 0 Å². The van der Waals surface area contributed by atoms with E-state index in [0.717, 1.165) is 109 Å². The molecule has 2 heterocycles. The van der Waals surface area contributed by atoms with E-state index in [9.17, 15) is 0 Å². The zero-order valence-corrected chi connectivity index (χ0v) is 40.2. The highest BCUT2D eigenvalue weighted by molar-refractivity contribution is 6.24. The lowest BCUT2D eigenvalue weighted by molar-refractivity contribution is 0.670. The minimum Gasteiger partial charge on any atom is -0.455 e. The molecular formula is C70H48N2O. The van der Waals surface area contributed by atoms with E-state index in [1.54, 1.807) is 0 Å². The van der Waals surface area contributed by atoms with Gasteiger partial charge in [-0.25, -0.2) is 4.98 Å². The molecule has 0 atom stereocenters. The average molecular weight is 933 g/mol. The van der Waals surface area contributed by atoms with Crippen LogP contribution in [-0.4, -0.2) is 9.97 Å². The van der Waals surface area contributed by atoms with E-state index in [2.05, 4.69) is 237 Å². The van der Waals surface area contributed by atoms with Gasteiger partial charge in [0.15, 0.2) is 0 Å². The van der Waals surface area contributed by atoms with Crippen molar-refractivity contribution >= 4 is 71.2 Å². The Bertz CT molecular complexity index is 4290. The van der Waals surface area contributed by atoms with Crippen LogP contribution in [0.25, 0.3) is 127 Å². The van der Waals surface area contributed by atoms with Gasteiger partial charge in [-0.05, 0) is 157 Å². The summed E-state index contributed by atoms with van der Waals surface area (Å²) in [5, 5.41) is 6.75. The molecule has 0 unspecified atom stereocenters. The van der Waals surface area contributed by atoms with E-state index >= 15 is 0 Å². The summed E-state index contributed by atoms with van der Waals surface area (Å²) in [4.78, 5) is 10.9.